The summed E-state index contributed by atoms with van der Waals surface area (Å²) >= 11 is 0. The van der Waals surface area contributed by atoms with Gasteiger partial charge in [0.15, 0.2) is 5.96 Å². The highest BCUT2D eigenvalue weighted by Crippen LogP contribution is 2.27. The summed E-state index contributed by atoms with van der Waals surface area (Å²) < 4.78 is 25.4. The molecule has 0 atom stereocenters. The first-order valence-electron chi connectivity index (χ1n) is 10.7. The maximum absolute atomic E-state index is 11.9. The van der Waals surface area contributed by atoms with Gasteiger partial charge in [-0.05, 0) is 30.9 Å². The van der Waals surface area contributed by atoms with Gasteiger partial charge >= 0.3 is 0 Å². The summed E-state index contributed by atoms with van der Waals surface area (Å²) in [5.74, 6) is 1.28. The monoisotopic (exact) mass is 428 g/mol. The zero-order chi connectivity index (χ0) is 21.2. The molecule has 30 heavy (non-hydrogen) atoms. The summed E-state index contributed by atoms with van der Waals surface area (Å²) in [5, 5.41) is 6.52. The van der Waals surface area contributed by atoms with Gasteiger partial charge in [-0.3, -0.25) is 4.99 Å². The molecule has 2 aromatic carbocycles. The van der Waals surface area contributed by atoms with Crippen LogP contribution in [0.2, 0.25) is 0 Å². The molecule has 3 rings (SSSR count). The summed E-state index contributed by atoms with van der Waals surface area (Å²) in [6.45, 7) is 5.10. The maximum Gasteiger partial charge on any atom is 0.214 e. The molecule has 0 spiro atoms. The molecule has 0 aromatic heterocycles. The number of sulfonamides is 1. The highest BCUT2D eigenvalue weighted by atomic mass is 32.2. The first kappa shape index (κ1) is 22.3. The van der Waals surface area contributed by atoms with Gasteiger partial charge in [0, 0.05) is 38.6 Å². The third-order valence-electron chi connectivity index (χ3n) is 5.29. The number of rotatable bonds is 9. The third-order valence-corrected chi connectivity index (χ3v) is 7.25. The van der Waals surface area contributed by atoms with Crippen LogP contribution in [0.4, 0.5) is 0 Å². The van der Waals surface area contributed by atoms with E-state index in [1.54, 1.807) is 4.31 Å². The number of aliphatic imine (C=N–C) groups is 1. The van der Waals surface area contributed by atoms with Gasteiger partial charge in [-0.2, -0.15) is 0 Å². The molecule has 1 saturated heterocycles. The second-order valence-electron chi connectivity index (χ2n) is 7.42. The fourth-order valence-electron chi connectivity index (χ4n) is 3.79. The van der Waals surface area contributed by atoms with E-state index in [1.807, 2.05) is 19.1 Å². The summed E-state index contributed by atoms with van der Waals surface area (Å²) in [6, 6.07) is 21.1. The zero-order valence-corrected chi connectivity index (χ0v) is 18.4. The Kier molecular flexibility index (Phi) is 8.28. The minimum Gasteiger partial charge on any atom is -0.357 e. The standard InChI is InChI=1S/C23H32N4O2S/c1-2-24-23(26-16-18-27-17-9-19-30(27,28)29)25-15-14-22(20-10-5-3-6-11-20)21-12-7-4-8-13-21/h3-8,10-13,22H,2,9,14-19H2,1H3,(H2,24,25,26). The van der Waals surface area contributed by atoms with Crippen molar-refractivity contribution in [1.29, 1.82) is 0 Å². The second-order valence-corrected chi connectivity index (χ2v) is 9.51. The molecule has 0 bridgehead atoms. The van der Waals surface area contributed by atoms with Crippen molar-refractivity contribution < 1.29 is 8.42 Å². The summed E-state index contributed by atoms with van der Waals surface area (Å²) in [4.78, 5) is 4.73. The van der Waals surface area contributed by atoms with Gasteiger partial charge in [0.25, 0.3) is 0 Å². The van der Waals surface area contributed by atoms with Crippen molar-refractivity contribution in [1.82, 2.24) is 14.9 Å². The third kappa shape index (κ3) is 6.31. The van der Waals surface area contributed by atoms with Crippen molar-refractivity contribution in [3.05, 3.63) is 71.8 Å². The molecule has 1 aliphatic rings. The quantitative estimate of drug-likeness (QED) is 0.476. The fourth-order valence-corrected chi connectivity index (χ4v) is 5.31. The van der Waals surface area contributed by atoms with Crippen LogP contribution in [-0.4, -0.2) is 57.2 Å². The average Bonchev–Trinajstić information content (AvgIpc) is 3.10. The van der Waals surface area contributed by atoms with Crippen LogP contribution in [0.25, 0.3) is 0 Å². The predicted molar refractivity (Wildman–Crippen MR) is 123 cm³/mol. The molecule has 1 aliphatic heterocycles. The topological polar surface area (TPSA) is 73.8 Å². The lowest BCUT2D eigenvalue weighted by Crippen LogP contribution is -2.42. The Balaban J connectivity index is 1.60. The molecule has 6 nitrogen and oxygen atoms in total. The van der Waals surface area contributed by atoms with Gasteiger partial charge in [-0.15, -0.1) is 0 Å². The maximum atomic E-state index is 11.9. The van der Waals surface area contributed by atoms with E-state index < -0.39 is 10.0 Å². The molecule has 0 aliphatic carbocycles. The average molecular weight is 429 g/mol. The van der Waals surface area contributed by atoms with Crippen molar-refractivity contribution >= 4 is 16.0 Å². The van der Waals surface area contributed by atoms with Gasteiger partial charge in [-0.1, -0.05) is 60.7 Å². The Morgan fingerprint density at radius 3 is 2.20 bits per heavy atom. The van der Waals surface area contributed by atoms with Crippen molar-refractivity contribution in [3.63, 3.8) is 0 Å². The molecule has 2 aromatic rings. The number of hydrogen-bond acceptors (Lipinski definition) is 3. The van der Waals surface area contributed by atoms with E-state index in [-0.39, 0.29) is 11.7 Å². The molecule has 162 valence electrons. The summed E-state index contributed by atoms with van der Waals surface area (Å²) in [5.41, 5.74) is 2.58. The molecule has 0 amide bonds. The molecular formula is C23H32N4O2S. The normalized spacial score (nSPS) is 16.7. The van der Waals surface area contributed by atoms with Crippen LogP contribution < -0.4 is 10.6 Å². The number of benzene rings is 2. The summed E-state index contributed by atoms with van der Waals surface area (Å²) in [6.07, 6.45) is 1.61. The van der Waals surface area contributed by atoms with Crippen molar-refractivity contribution in [2.75, 3.05) is 38.5 Å². The Labute approximate surface area is 180 Å². The first-order chi connectivity index (χ1) is 14.6. The number of hydrogen-bond donors (Lipinski definition) is 2. The minimum atomic E-state index is -3.05. The number of nitrogens with one attached hydrogen (secondary N) is 2. The van der Waals surface area contributed by atoms with Gasteiger partial charge in [-0.25, -0.2) is 12.7 Å². The van der Waals surface area contributed by atoms with E-state index in [0.29, 0.717) is 26.2 Å². The molecular weight excluding hydrogens is 396 g/mol. The van der Waals surface area contributed by atoms with Crippen LogP contribution in [0, 0.1) is 0 Å². The lowest BCUT2D eigenvalue weighted by molar-refractivity contribution is 0.445. The summed E-state index contributed by atoms with van der Waals surface area (Å²) in [7, 11) is -3.05. The van der Waals surface area contributed by atoms with Crippen LogP contribution in [0.5, 0.6) is 0 Å². The van der Waals surface area contributed by atoms with Crippen LogP contribution in [0.1, 0.15) is 36.8 Å². The Morgan fingerprint density at radius 2 is 1.67 bits per heavy atom. The molecule has 0 unspecified atom stereocenters. The first-order valence-corrected chi connectivity index (χ1v) is 12.3. The van der Waals surface area contributed by atoms with E-state index in [2.05, 4.69) is 59.2 Å². The smallest absolute Gasteiger partial charge is 0.214 e. The number of nitrogens with zero attached hydrogens (tertiary/aromatic N) is 2. The van der Waals surface area contributed by atoms with Crippen LogP contribution in [0.15, 0.2) is 65.7 Å². The van der Waals surface area contributed by atoms with E-state index in [0.717, 1.165) is 25.3 Å². The highest BCUT2D eigenvalue weighted by Gasteiger charge is 2.27. The van der Waals surface area contributed by atoms with Gasteiger partial charge in [0.2, 0.25) is 10.0 Å². The van der Waals surface area contributed by atoms with Crippen LogP contribution in [-0.2, 0) is 10.0 Å². The molecule has 1 heterocycles. The SMILES string of the molecule is CCNC(=NCCC(c1ccccc1)c1ccccc1)NCCN1CCCS1(=O)=O. The lowest BCUT2D eigenvalue weighted by atomic mass is 9.89. The number of guanidine groups is 1. The van der Waals surface area contributed by atoms with E-state index in [1.165, 1.54) is 11.1 Å². The molecule has 0 saturated carbocycles. The molecule has 7 heteroatoms. The van der Waals surface area contributed by atoms with E-state index >= 15 is 0 Å². The Bertz CT molecular complexity index is 862. The van der Waals surface area contributed by atoms with Crippen molar-refractivity contribution in [2.45, 2.75) is 25.7 Å². The Hall–Kier alpha value is -2.38. The van der Waals surface area contributed by atoms with Crippen molar-refractivity contribution in [2.24, 2.45) is 4.99 Å². The van der Waals surface area contributed by atoms with Crippen LogP contribution >= 0.6 is 0 Å². The molecule has 0 radical (unpaired) electrons. The Morgan fingerprint density at radius 1 is 1.03 bits per heavy atom. The van der Waals surface area contributed by atoms with E-state index in [4.69, 9.17) is 4.99 Å². The van der Waals surface area contributed by atoms with Crippen molar-refractivity contribution in [3.8, 4) is 0 Å². The van der Waals surface area contributed by atoms with Crippen LogP contribution in [0.3, 0.4) is 0 Å². The van der Waals surface area contributed by atoms with Gasteiger partial charge in [0.1, 0.15) is 0 Å². The lowest BCUT2D eigenvalue weighted by Gasteiger charge is -2.18. The van der Waals surface area contributed by atoms with E-state index in [9.17, 15) is 8.42 Å². The van der Waals surface area contributed by atoms with Gasteiger partial charge in [0.05, 0.1) is 5.75 Å². The zero-order valence-electron chi connectivity index (χ0n) is 17.6. The second kappa shape index (κ2) is 11.1. The van der Waals surface area contributed by atoms with Gasteiger partial charge < -0.3 is 10.6 Å². The minimum absolute atomic E-state index is 0.265. The molecule has 2 N–H and O–H groups in total. The molecule has 1 fully saturated rings. The highest BCUT2D eigenvalue weighted by molar-refractivity contribution is 7.89. The largest absolute Gasteiger partial charge is 0.357 e. The predicted octanol–water partition coefficient (Wildman–Crippen LogP) is 2.80. The fraction of sp³-hybridized carbons (Fsp3) is 0.435.